The summed E-state index contributed by atoms with van der Waals surface area (Å²) in [5.41, 5.74) is -0.771. The second kappa shape index (κ2) is 5.28. The molecule has 0 atom stereocenters. The molecule has 104 valence electrons. The van der Waals surface area contributed by atoms with Crippen LogP contribution in [0.1, 0.15) is 28.0 Å². The molecule has 0 fully saturated rings. The van der Waals surface area contributed by atoms with Crippen molar-refractivity contribution in [2.45, 2.75) is 13.3 Å². The minimum Gasteiger partial charge on any atom is -0.478 e. The van der Waals surface area contributed by atoms with Crippen LogP contribution in [-0.2, 0) is 0 Å². The lowest BCUT2D eigenvalue weighted by Gasteiger charge is -2.07. The van der Waals surface area contributed by atoms with Crippen molar-refractivity contribution < 1.29 is 23.1 Å². The number of benzene rings is 1. The van der Waals surface area contributed by atoms with E-state index in [9.17, 15) is 18.0 Å². The molecule has 0 amide bonds. The first kappa shape index (κ1) is 14.0. The average Bonchev–Trinajstić information content (AvgIpc) is 2.36. The number of aromatic carboxylic acids is 1. The van der Waals surface area contributed by atoms with Crippen molar-refractivity contribution in [2.24, 2.45) is 0 Å². The summed E-state index contributed by atoms with van der Waals surface area (Å²) in [6, 6.07) is 3.88. The molecule has 1 N–H and O–H groups in total. The normalized spacial score (nSPS) is 10.8. The lowest BCUT2D eigenvalue weighted by molar-refractivity contribution is 0.0681. The average molecular weight is 282 g/mol. The summed E-state index contributed by atoms with van der Waals surface area (Å²) < 4.78 is 38.9. The smallest absolute Gasteiger partial charge is 0.339 e. The Hall–Kier alpha value is -2.44. The van der Waals surface area contributed by atoms with E-state index in [1.165, 1.54) is 12.1 Å². The minimum absolute atomic E-state index is 0.145. The van der Waals surface area contributed by atoms with Crippen LogP contribution < -0.4 is 0 Å². The Morgan fingerprint density at radius 3 is 2.55 bits per heavy atom. The van der Waals surface area contributed by atoms with E-state index in [1.807, 2.05) is 0 Å². The monoisotopic (exact) mass is 282 g/mol. The Kier molecular flexibility index (Phi) is 3.69. The van der Waals surface area contributed by atoms with Gasteiger partial charge in [0, 0.05) is 11.8 Å². The highest BCUT2D eigenvalue weighted by molar-refractivity contribution is 5.88. The highest BCUT2D eigenvalue weighted by Gasteiger charge is 2.21. The third kappa shape index (κ3) is 2.76. The molecular weight excluding hydrogens is 273 g/mol. The summed E-state index contributed by atoms with van der Waals surface area (Å²) in [5.74, 6) is -2.24. The van der Waals surface area contributed by atoms with E-state index in [0.717, 1.165) is 12.3 Å². The largest absolute Gasteiger partial charge is 0.478 e. The van der Waals surface area contributed by atoms with E-state index in [2.05, 4.69) is 9.97 Å². The number of aryl methyl sites for hydroxylation is 1. The summed E-state index contributed by atoms with van der Waals surface area (Å²) >= 11 is 0. The van der Waals surface area contributed by atoms with E-state index in [0.29, 0.717) is 5.56 Å². The Bertz CT molecular complexity index is 654. The molecule has 2 rings (SSSR count). The molecule has 0 bridgehead atoms. The van der Waals surface area contributed by atoms with Gasteiger partial charge in [0.05, 0.1) is 0 Å². The van der Waals surface area contributed by atoms with Crippen molar-refractivity contribution in [3.05, 3.63) is 47.0 Å². The predicted octanol–water partition coefficient (Wildman–Crippen LogP) is 3.23. The van der Waals surface area contributed by atoms with Crippen LogP contribution in [0, 0.1) is 12.7 Å². The van der Waals surface area contributed by atoms with Gasteiger partial charge in [-0.15, -0.1) is 0 Å². The molecule has 4 nitrogen and oxygen atoms in total. The third-order valence-electron chi connectivity index (χ3n) is 2.56. The molecule has 0 aliphatic rings. The summed E-state index contributed by atoms with van der Waals surface area (Å²) in [4.78, 5) is 18.0. The maximum absolute atomic E-state index is 13.3. The molecular formula is C13H9F3N2O2. The number of carboxylic acid groups (broad SMARTS) is 1. The Morgan fingerprint density at radius 2 is 2.00 bits per heavy atom. The van der Waals surface area contributed by atoms with Crippen LogP contribution >= 0.6 is 0 Å². The van der Waals surface area contributed by atoms with Gasteiger partial charge in [-0.05, 0) is 30.7 Å². The van der Waals surface area contributed by atoms with Crippen LogP contribution in [0.5, 0.6) is 0 Å². The molecule has 1 aromatic carbocycles. The van der Waals surface area contributed by atoms with Gasteiger partial charge < -0.3 is 5.11 Å². The summed E-state index contributed by atoms with van der Waals surface area (Å²) in [6.07, 6.45) is -2.26. The SMILES string of the molecule is Cc1cc(F)cc(-c2ncc(C(=O)O)c(C(F)F)n2)c1. The summed E-state index contributed by atoms with van der Waals surface area (Å²) in [6.45, 7) is 1.63. The number of carbonyl (C=O) groups is 1. The molecule has 0 unspecified atom stereocenters. The number of alkyl halides is 2. The van der Waals surface area contributed by atoms with Gasteiger partial charge in [-0.3, -0.25) is 0 Å². The number of hydrogen-bond donors (Lipinski definition) is 1. The minimum atomic E-state index is -3.06. The highest BCUT2D eigenvalue weighted by atomic mass is 19.3. The highest BCUT2D eigenvalue weighted by Crippen LogP contribution is 2.24. The predicted molar refractivity (Wildman–Crippen MR) is 64.1 cm³/mol. The fraction of sp³-hybridized carbons (Fsp3) is 0.154. The number of rotatable bonds is 3. The Balaban J connectivity index is 2.58. The van der Waals surface area contributed by atoms with Gasteiger partial charge in [-0.1, -0.05) is 0 Å². The molecule has 0 spiro atoms. The van der Waals surface area contributed by atoms with E-state index in [1.54, 1.807) is 6.92 Å². The molecule has 1 aromatic heterocycles. The number of nitrogens with zero attached hydrogens (tertiary/aromatic N) is 2. The van der Waals surface area contributed by atoms with E-state index in [-0.39, 0.29) is 11.4 Å². The van der Waals surface area contributed by atoms with E-state index < -0.39 is 29.5 Å². The molecule has 7 heteroatoms. The first-order valence-corrected chi connectivity index (χ1v) is 5.54. The first-order chi connectivity index (χ1) is 9.38. The quantitative estimate of drug-likeness (QED) is 0.938. The van der Waals surface area contributed by atoms with Crippen molar-refractivity contribution >= 4 is 5.97 Å². The van der Waals surface area contributed by atoms with Gasteiger partial charge >= 0.3 is 5.97 Å². The first-order valence-electron chi connectivity index (χ1n) is 5.54. The van der Waals surface area contributed by atoms with Crippen LogP contribution in [-0.4, -0.2) is 21.0 Å². The van der Waals surface area contributed by atoms with Gasteiger partial charge in [-0.25, -0.2) is 27.9 Å². The second-order valence-corrected chi connectivity index (χ2v) is 4.12. The molecule has 1 heterocycles. The lowest BCUT2D eigenvalue weighted by Crippen LogP contribution is -2.08. The van der Waals surface area contributed by atoms with Crippen LogP contribution in [0.4, 0.5) is 13.2 Å². The molecule has 20 heavy (non-hydrogen) atoms. The van der Waals surface area contributed by atoms with Gasteiger partial charge in [0.2, 0.25) is 0 Å². The number of halogens is 3. The fourth-order valence-corrected chi connectivity index (χ4v) is 1.73. The van der Waals surface area contributed by atoms with Gasteiger partial charge in [0.1, 0.15) is 17.1 Å². The molecule has 0 saturated carbocycles. The molecule has 0 radical (unpaired) electrons. The van der Waals surface area contributed by atoms with Crippen molar-refractivity contribution in [3.63, 3.8) is 0 Å². The zero-order chi connectivity index (χ0) is 14.9. The van der Waals surface area contributed by atoms with Gasteiger partial charge in [-0.2, -0.15) is 0 Å². The van der Waals surface area contributed by atoms with Crippen molar-refractivity contribution in [3.8, 4) is 11.4 Å². The zero-order valence-corrected chi connectivity index (χ0v) is 10.3. The number of carboxylic acids is 1. The Labute approximate surface area is 111 Å². The number of hydrogen-bond acceptors (Lipinski definition) is 3. The van der Waals surface area contributed by atoms with Crippen LogP contribution in [0.2, 0.25) is 0 Å². The van der Waals surface area contributed by atoms with E-state index >= 15 is 0 Å². The maximum Gasteiger partial charge on any atom is 0.339 e. The zero-order valence-electron chi connectivity index (χ0n) is 10.3. The summed E-state index contributed by atoms with van der Waals surface area (Å²) in [5, 5.41) is 8.79. The van der Waals surface area contributed by atoms with Crippen molar-refractivity contribution in [2.75, 3.05) is 0 Å². The van der Waals surface area contributed by atoms with Gasteiger partial charge in [0.15, 0.2) is 5.82 Å². The summed E-state index contributed by atoms with van der Waals surface area (Å²) in [7, 11) is 0. The van der Waals surface area contributed by atoms with Crippen LogP contribution in [0.15, 0.2) is 24.4 Å². The molecule has 0 aliphatic heterocycles. The lowest BCUT2D eigenvalue weighted by atomic mass is 10.1. The third-order valence-corrected chi connectivity index (χ3v) is 2.56. The molecule has 0 aliphatic carbocycles. The standard InChI is InChI=1S/C13H9F3N2O2/c1-6-2-7(4-8(14)3-6)12-17-5-9(13(19)20)10(18-12)11(15)16/h2-5,11H,1H3,(H,19,20). The van der Waals surface area contributed by atoms with Crippen molar-refractivity contribution in [1.82, 2.24) is 9.97 Å². The molecule has 0 saturated heterocycles. The van der Waals surface area contributed by atoms with Crippen molar-refractivity contribution in [1.29, 1.82) is 0 Å². The number of aromatic nitrogens is 2. The Morgan fingerprint density at radius 1 is 1.30 bits per heavy atom. The maximum atomic E-state index is 13.3. The van der Waals surface area contributed by atoms with Gasteiger partial charge in [0.25, 0.3) is 6.43 Å². The second-order valence-electron chi connectivity index (χ2n) is 4.12. The fourth-order valence-electron chi connectivity index (χ4n) is 1.73. The van der Waals surface area contributed by atoms with Crippen LogP contribution in [0.25, 0.3) is 11.4 Å². The topological polar surface area (TPSA) is 63.1 Å². The van der Waals surface area contributed by atoms with E-state index in [4.69, 9.17) is 5.11 Å². The molecule has 2 aromatic rings. The van der Waals surface area contributed by atoms with Crippen LogP contribution in [0.3, 0.4) is 0 Å².